The van der Waals surface area contributed by atoms with Crippen molar-refractivity contribution >= 4 is 10.0 Å². The number of nitrogens with zero attached hydrogens (tertiary/aromatic N) is 2. The summed E-state index contributed by atoms with van der Waals surface area (Å²) < 4.78 is 26.8. The number of aromatic nitrogens is 4. The van der Waals surface area contributed by atoms with Gasteiger partial charge in [-0.05, 0) is 13.8 Å². The zero-order chi connectivity index (χ0) is 14.0. The van der Waals surface area contributed by atoms with Crippen LogP contribution in [0, 0.1) is 13.8 Å². The fraction of sp³-hybridized carbons (Fsp3) is 0.400. The molecule has 0 atom stereocenters. The number of H-pyrrole nitrogens is 2. The molecule has 0 saturated carbocycles. The Kier molecular flexibility index (Phi) is 3.69. The van der Waals surface area contributed by atoms with Crippen molar-refractivity contribution in [3.8, 4) is 0 Å². The van der Waals surface area contributed by atoms with Gasteiger partial charge in [0.25, 0.3) is 0 Å². The maximum absolute atomic E-state index is 12.2. The Morgan fingerprint density at radius 1 is 1.32 bits per heavy atom. The highest BCUT2D eigenvalue weighted by molar-refractivity contribution is 7.89. The molecular weight excluding hydrogens is 270 g/mol. The van der Waals surface area contributed by atoms with E-state index in [2.05, 4.69) is 25.1 Å². The van der Waals surface area contributed by atoms with Gasteiger partial charge in [0, 0.05) is 17.8 Å². The van der Waals surface area contributed by atoms with E-state index in [4.69, 9.17) is 5.11 Å². The molecule has 2 aromatic heterocycles. The Balaban J connectivity index is 2.23. The van der Waals surface area contributed by atoms with Gasteiger partial charge in [0.05, 0.1) is 18.5 Å². The molecule has 2 aromatic rings. The van der Waals surface area contributed by atoms with Crippen LogP contribution in [0.5, 0.6) is 0 Å². The van der Waals surface area contributed by atoms with Crippen molar-refractivity contribution in [2.24, 2.45) is 0 Å². The summed E-state index contributed by atoms with van der Waals surface area (Å²) in [4.78, 5) is -0.00357. The Labute approximate surface area is 110 Å². The largest absolute Gasteiger partial charge is 0.390 e. The molecule has 4 N–H and O–H groups in total. The minimum Gasteiger partial charge on any atom is -0.390 e. The fourth-order valence-corrected chi connectivity index (χ4v) is 3.09. The molecule has 8 nitrogen and oxygen atoms in total. The van der Waals surface area contributed by atoms with E-state index in [0.29, 0.717) is 5.69 Å². The van der Waals surface area contributed by atoms with Crippen LogP contribution in [0.2, 0.25) is 0 Å². The van der Waals surface area contributed by atoms with E-state index in [1.165, 1.54) is 0 Å². The smallest absolute Gasteiger partial charge is 0.244 e. The van der Waals surface area contributed by atoms with Crippen molar-refractivity contribution in [2.75, 3.05) is 0 Å². The van der Waals surface area contributed by atoms with Crippen molar-refractivity contribution in [1.29, 1.82) is 0 Å². The van der Waals surface area contributed by atoms with E-state index in [0.717, 1.165) is 11.3 Å². The van der Waals surface area contributed by atoms with Crippen LogP contribution in [0.15, 0.2) is 11.1 Å². The number of sulfonamides is 1. The number of aliphatic hydroxyl groups is 1. The van der Waals surface area contributed by atoms with Crippen LogP contribution in [0.25, 0.3) is 0 Å². The molecule has 9 heteroatoms. The van der Waals surface area contributed by atoms with Gasteiger partial charge >= 0.3 is 0 Å². The normalized spacial score (nSPS) is 11.9. The minimum atomic E-state index is -3.73. The van der Waals surface area contributed by atoms with Gasteiger partial charge in [-0.1, -0.05) is 0 Å². The second kappa shape index (κ2) is 5.11. The summed E-state index contributed by atoms with van der Waals surface area (Å²) >= 11 is 0. The van der Waals surface area contributed by atoms with Crippen LogP contribution < -0.4 is 4.72 Å². The summed E-state index contributed by atoms with van der Waals surface area (Å²) in [6.45, 7) is 3.08. The second-order valence-corrected chi connectivity index (χ2v) is 5.83. The minimum absolute atomic E-state index is 0.00357. The van der Waals surface area contributed by atoms with Crippen LogP contribution in [0.4, 0.5) is 0 Å². The second-order valence-electron chi connectivity index (χ2n) is 4.13. The number of hydrogen-bond acceptors (Lipinski definition) is 5. The summed E-state index contributed by atoms with van der Waals surface area (Å²) in [6, 6.07) is 0. The molecule has 0 amide bonds. The molecular formula is C10H15N5O3S. The fourth-order valence-electron chi connectivity index (χ4n) is 1.73. The molecule has 0 aliphatic carbocycles. The van der Waals surface area contributed by atoms with Crippen LogP contribution in [-0.4, -0.2) is 33.9 Å². The van der Waals surface area contributed by atoms with Gasteiger partial charge in [-0.3, -0.25) is 10.2 Å². The highest BCUT2D eigenvalue weighted by Gasteiger charge is 2.23. The number of aromatic amines is 2. The predicted molar refractivity (Wildman–Crippen MR) is 66.6 cm³/mol. The van der Waals surface area contributed by atoms with E-state index in [-0.39, 0.29) is 17.1 Å². The van der Waals surface area contributed by atoms with Crippen LogP contribution >= 0.6 is 0 Å². The quantitative estimate of drug-likeness (QED) is 0.601. The zero-order valence-electron chi connectivity index (χ0n) is 10.6. The zero-order valence-corrected chi connectivity index (χ0v) is 11.4. The molecule has 0 aliphatic rings. The van der Waals surface area contributed by atoms with Gasteiger partial charge in [0.15, 0.2) is 0 Å². The number of aliphatic hydroxyl groups excluding tert-OH is 1. The van der Waals surface area contributed by atoms with Gasteiger partial charge in [-0.2, -0.15) is 10.2 Å². The van der Waals surface area contributed by atoms with Crippen LogP contribution in [0.1, 0.15) is 22.6 Å². The molecule has 0 saturated heterocycles. The molecule has 0 radical (unpaired) electrons. The average molecular weight is 285 g/mol. The molecule has 0 aromatic carbocycles. The summed E-state index contributed by atoms with van der Waals surface area (Å²) in [7, 11) is -3.73. The molecule has 2 rings (SSSR count). The lowest BCUT2D eigenvalue weighted by Crippen LogP contribution is -2.24. The lowest BCUT2D eigenvalue weighted by Gasteiger charge is -2.06. The number of rotatable bonds is 5. The summed E-state index contributed by atoms with van der Waals surface area (Å²) in [5.74, 6) is 0. The first-order valence-electron chi connectivity index (χ1n) is 5.59. The van der Waals surface area contributed by atoms with E-state index < -0.39 is 16.6 Å². The monoisotopic (exact) mass is 285 g/mol. The molecule has 19 heavy (non-hydrogen) atoms. The third-order valence-corrected chi connectivity index (χ3v) is 4.37. The summed E-state index contributed by atoms with van der Waals surface area (Å²) in [5, 5.41) is 22.0. The third kappa shape index (κ3) is 2.67. The third-order valence-electron chi connectivity index (χ3n) is 2.77. The van der Waals surface area contributed by atoms with Crippen molar-refractivity contribution < 1.29 is 13.5 Å². The lowest BCUT2D eigenvalue weighted by molar-refractivity contribution is 0.273. The van der Waals surface area contributed by atoms with Gasteiger partial charge < -0.3 is 5.11 Å². The standard InChI is InChI=1S/C10H15N5O3S/c1-6-8(3-11-13-6)4-12-19(17,18)10-7(2)14-15-9(10)5-16/h3,12,16H,4-5H2,1-2H3,(H,11,13)(H,14,15). The SMILES string of the molecule is Cc1[nH]ncc1CNS(=O)(=O)c1c(CO)n[nH]c1C. The van der Waals surface area contributed by atoms with Gasteiger partial charge in [0.2, 0.25) is 10.0 Å². The Morgan fingerprint density at radius 2 is 2.05 bits per heavy atom. The first kappa shape index (κ1) is 13.7. The molecule has 2 heterocycles. The molecule has 0 aliphatic heterocycles. The van der Waals surface area contributed by atoms with Gasteiger partial charge in [-0.15, -0.1) is 0 Å². The highest BCUT2D eigenvalue weighted by Crippen LogP contribution is 2.17. The Bertz CT molecular complexity index is 673. The summed E-state index contributed by atoms with van der Waals surface area (Å²) in [5.41, 5.74) is 2.05. The maximum Gasteiger partial charge on any atom is 0.244 e. The molecule has 0 unspecified atom stereocenters. The predicted octanol–water partition coefficient (Wildman–Crippen LogP) is -0.280. The highest BCUT2D eigenvalue weighted by atomic mass is 32.2. The van der Waals surface area contributed by atoms with Crippen molar-refractivity contribution in [3.63, 3.8) is 0 Å². The Hall–Kier alpha value is -1.71. The lowest BCUT2D eigenvalue weighted by atomic mass is 10.3. The van der Waals surface area contributed by atoms with E-state index in [1.807, 2.05) is 0 Å². The van der Waals surface area contributed by atoms with E-state index in [9.17, 15) is 8.42 Å². The van der Waals surface area contributed by atoms with Crippen molar-refractivity contribution in [1.82, 2.24) is 25.1 Å². The molecule has 0 fully saturated rings. The van der Waals surface area contributed by atoms with Crippen LogP contribution in [0.3, 0.4) is 0 Å². The van der Waals surface area contributed by atoms with E-state index >= 15 is 0 Å². The first-order valence-corrected chi connectivity index (χ1v) is 7.07. The first-order chi connectivity index (χ1) is 8.95. The number of hydrogen-bond donors (Lipinski definition) is 4. The topological polar surface area (TPSA) is 124 Å². The summed E-state index contributed by atoms with van der Waals surface area (Å²) in [6.07, 6.45) is 1.56. The van der Waals surface area contributed by atoms with Gasteiger partial charge in [-0.25, -0.2) is 13.1 Å². The Morgan fingerprint density at radius 3 is 2.63 bits per heavy atom. The van der Waals surface area contributed by atoms with Crippen LogP contribution in [-0.2, 0) is 23.2 Å². The average Bonchev–Trinajstić information content (AvgIpc) is 2.93. The van der Waals surface area contributed by atoms with Crippen molar-refractivity contribution in [3.05, 3.63) is 28.8 Å². The number of nitrogens with one attached hydrogen (secondary N) is 3. The van der Waals surface area contributed by atoms with Crippen molar-refractivity contribution in [2.45, 2.75) is 31.9 Å². The van der Waals surface area contributed by atoms with E-state index in [1.54, 1.807) is 20.0 Å². The van der Waals surface area contributed by atoms with Gasteiger partial charge in [0.1, 0.15) is 10.6 Å². The molecule has 0 bridgehead atoms. The molecule has 0 spiro atoms. The number of aryl methyl sites for hydroxylation is 2. The molecule has 104 valence electrons. The maximum atomic E-state index is 12.2.